The normalized spacial score (nSPS) is 10.4. The summed E-state index contributed by atoms with van der Waals surface area (Å²) in [6.45, 7) is 0. The molecule has 2 heterocycles. The summed E-state index contributed by atoms with van der Waals surface area (Å²) in [6.07, 6.45) is 5.36. The molecule has 0 aliphatic heterocycles. The Hall–Kier alpha value is -2.42. The number of nitrogens with zero attached hydrogens (tertiary/aromatic N) is 2. The van der Waals surface area contributed by atoms with Crippen LogP contribution in [0, 0.1) is 0 Å². The molecule has 3 nitrogen and oxygen atoms in total. The molecule has 0 saturated carbocycles. The molecule has 3 heteroatoms. The predicted octanol–water partition coefficient (Wildman–Crippen LogP) is 3.14. The average molecular weight is 221 g/mol. The Morgan fingerprint density at radius 2 is 1.71 bits per heavy atom. The minimum Gasteiger partial charge on any atom is -0.345 e. The van der Waals surface area contributed by atoms with E-state index in [1.807, 2.05) is 36.5 Å². The Labute approximate surface area is 99.2 Å². The Kier molecular flexibility index (Phi) is 2.43. The molecule has 0 spiro atoms. The number of H-pyrrole nitrogens is 1. The second kappa shape index (κ2) is 4.22. The summed E-state index contributed by atoms with van der Waals surface area (Å²) in [7, 11) is 0. The summed E-state index contributed by atoms with van der Waals surface area (Å²) in [4.78, 5) is 11.8. The average Bonchev–Trinajstić information content (AvgIpc) is 2.94. The number of pyridine rings is 1. The zero-order chi connectivity index (χ0) is 11.5. The van der Waals surface area contributed by atoms with Crippen molar-refractivity contribution in [1.82, 2.24) is 15.0 Å². The van der Waals surface area contributed by atoms with Crippen molar-refractivity contribution in [1.29, 1.82) is 0 Å². The molecule has 0 saturated heterocycles. The molecule has 0 aliphatic carbocycles. The Balaban J connectivity index is 2.18. The first kappa shape index (κ1) is 9.78. The van der Waals surface area contributed by atoms with Gasteiger partial charge in [0.25, 0.3) is 0 Å². The molecule has 2 aromatic heterocycles. The summed E-state index contributed by atoms with van der Waals surface area (Å²) >= 11 is 0. The maximum atomic E-state index is 4.44. The van der Waals surface area contributed by atoms with Crippen molar-refractivity contribution < 1.29 is 0 Å². The lowest BCUT2D eigenvalue weighted by Crippen LogP contribution is -1.89. The molecule has 0 amide bonds. The van der Waals surface area contributed by atoms with Crippen LogP contribution in [0.25, 0.3) is 22.6 Å². The quantitative estimate of drug-likeness (QED) is 0.722. The van der Waals surface area contributed by atoms with Crippen molar-refractivity contribution in [2.75, 3.05) is 0 Å². The Morgan fingerprint density at radius 1 is 0.824 bits per heavy atom. The standard InChI is InChI=1S/C14H11N3/c1-2-5-11(6-3-1)13-12(7-4-8-15-13)14-16-9-10-17-14/h1-10H,(H,16,17). The molecule has 0 fully saturated rings. The summed E-state index contributed by atoms with van der Waals surface area (Å²) in [5, 5.41) is 0. The highest BCUT2D eigenvalue weighted by molar-refractivity contribution is 5.77. The highest BCUT2D eigenvalue weighted by Gasteiger charge is 2.09. The van der Waals surface area contributed by atoms with Gasteiger partial charge in [-0.05, 0) is 12.1 Å². The van der Waals surface area contributed by atoms with Gasteiger partial charge in [0.05, 0.1) is 5.69 Å². The van der Waals surface area contributed by atoms with Crippen LogP contribution >= 0.6 is 0 Å². The second-order valence-corrected chi connectivity index (χ2v) is 3.70. The molecule has 0 aliphatic rings. The minimum absolute atomic E-state index is 0.844. The van der Waals surface area contributed by atoms with Gasteiger partial charge in [0.1, 0.15) is 5.82 Å². The predicted molar refractivity (Wildman–Crippen MR) is 67.3 cm³/mol. The van der Waals surface area contributed by atoms with Crippen molar-refractivity contribution in [3.05, 3.63) is 61.1 Å². The van der Waals surface area contributed by atoms with Gasteiger partial charge in [-0.2, -0.15) is 0 Å². The van der Waals surface area contributed by atoms with Crippen LogP contribution in [-0.4, -0.2) is 15.0 Å². The Morgan fingerprint density at radius 3 is 2.47 bits per heavy atom. The molecular formula is C14H11N3. The summed E-state index contributed by atoms with van der Waals surface area (Å²) < 4.78 is 0. The van der Waals surface area contributed by atoms with Crippen molar-refractivity contribution >= 4 is 0 Å². The van der Waals surface area contributed by atoms with E-state index < -0.39 is 0 Å². The summed E-state index contributed by atoms with van der Waals surface area (Å²) in [5.41, 5.74) is 3.06. The topological polar surface area (TPSA) is 41.6 Å². The lowest BCUT2D eigenvalue weighted by atomic mass is 10.1. The van der Waals surface area contributed by atoms with E-state index in [0.717, 1.165) is 22.6 Å². The monoisotopic (exact) mass is 221 g/mol. The van der Waals surface area contributed by atoms with E-state index in [9.17, 15) is 0 Å². The Bertz CT molecular complexity index is 600. The largest absolute Gasteiger partial charge is 0.345 e. The van der Waals surface area contributed by atoms with Gasteiger partial charge in [-0.15, -0.1) is 0 Å². The highest BCUT2D eigenvalue weighted by Crippen LogP contribution is 2.27. The van der Waals surface area contributed by atoms with E-state index in [4.69, 9.17) is 0 Å². The third-order valence-electron chi connectivity index (χ3n) is 2.61. The number of hydrogen-bond acceptors (Lipinski definition) is 2. The zero-order valence-corrected chi connectivity index (χ0v) is 9.17. The minimum atomic E-state index is 0.844. The van der Waals surface area contributed by atoms with Crippen molar-refractivity contribution in [3.8, 4) is 22.6 Å². The van der Waals surface area contributed by atoms with Gasteiger partial charge >= 0.3 is 0 Å². The molecular weight excluding hydrogens is 210 g/mol. The van der Waals surface area contributed by atoms with E-state index in [1.165, 1.54) is 0 Å². The molecule has 0 radical (unpaired) electrons. The van der Waals surface area contributed by atoms with Gasteiger partial charge in [0.15, 0.2) is 0 Å². The number of nitrogens with one attached hydrogen (secondary N) is 1. The zero-order valence-electron chi connectivity index (χ0n) is 9.17. The van der Waals surface area contributed by atoms with E-state index >= 15 is 0 Å². The lowest BCUT2D eigenvalue weighted by Gasteiger charge is -2.05. The van der Waals surface area contributed by atoms with Crippen LogP contribution in [0.4, 0.5) is 0 Å². The van der Waals surface area contributed by atoms with Crippen LogP contribution in [0.3, 0.4) is 0 Å². The molecule has 17 heavy (non-hydrogen) atoms. The van der Waals surface area contributed by atoms with Gasteiger partial charge in [-0.3, -0.25) is 4.98 Å². The smallest absolute Gasteiger partial charge is 0.139 e. The van der Waals surface area contributed by atoms with Gasteiger partial charge in [0, 0.05) is 29.7 Å². The number of hydrogen-bond donors (Lipinski definition) is 1. The van der Waals surface area contributed by atoms with E-state index in [2.05, 4.69) is 27.1 Å². The fourth-order valence-corrected chi connectivity index (χ4v) is 1.84. The summed E-state index contributed by atoms with van der Waals surface area (Å²) in [6, 6.07) is 14.1. The number of aromatic amines is 1. The van der Waals surface area contributed by atoms with Crippen molar-refractivity contribution in [3.63, 3.8) is 0 Å². The van der Waals surface area contributed by atoms with Gasteiger partial charge < -0.3 is 4.98 Å². The molecule has 82 valence electrons. The SMILES string of the molecule is c1ccc(-c2ncccc2-c2ncc[nH]2)cc1. The van der Waals surface area contributed by atoms with E-state index in [-0.39, 0.29) is 0 Å². The molecule has 3 aromatic rings. The molecule has 0 unspecified atom stereocenters. The fraction of sp³-hybridized carbons (Fsp3) is 0. The first-order valence-corrected chi connectivity index (χ1v) is 5.45. The van der Waals surface area contributed by atoms with Crippen LogP contribution in [0.5, 0.6) is 0 Å². The molecule has 1 N–H and O–H groups in total. The third-order valence-corrected chi connectivity index (χ3v) is 2.61. The van der Waals surface area contributed by atoms with Crippen LogP contribution in [-0.2, 0) is 0 Å². The van der Waals surface area contributed by atoms with Crippen LogP contribution < -0.4 is 0 Å². The first-order valence-electron chi connectivity index (χ1n) is 5.45. The van der Waals surface area contributed by atoms with E-state index in [1.54, 1.807) is 12.4 Å². The van der Waals surface area contributed by atoms with E-state index in [0.29, 0.717) is 0 Å². The number of rotatable bonds is 2. The molecule has 1 aromatic carbocycles. The maximum Gasteiger partial charge on any atom is 0.139 e. The second-order valence-electron chi connectivity index (χ2n) is 3.70. The van der Waals surface area contributed by atoms with Crippen molar-refractivity contribution in [2.45, 2.75) is 0 Å². The number of imidazole rings is 1. The molecule has 0 atom stereocenters. The van der Waals surface area contributed by atoms with Crippen LogP contribution in [0.1, 0.15) is 0 Å². The highest BCUT2D eigenvalue weighted by atomic mass is 14.9. The van der Waals surface area contributed by atoms with Crippen LogP contribution in [0.2, 0.25) is 0 Å². The fourth-order valence-electron chi connectivity index (χ4n) is 1.84. The van der Waals surface area contributed by atoms with Crippen molar-refractivity contribution in [2.24, 2.45) is 0 Å². The number of benzene rings is 1. The van der Waals surface area contributed by atoms with Gasteiger partial charge in [-0.1, -0.05) is 30.3 Å². The first-order chi connectivity index (χ1) is 8.45. The van der Waals surface area contributed by atoms with Crippen LogP contribution in [0.15, 0.2) is 61.1 Å². The molecule has 0 bridgehead atoms. The van der Waals surface area contributed by atoms with Gasteiger partial charge in [-0.25, -0.2) is 4.98 Å². The number of aromatic nitrogens is 3. The summed E-state index contributed by atoms with van der Waals surface area (Å²) in [5.74, 6) is 0.844. The maximum absolute atomic E-state index is 4.44. The lowest BCUT2D eigenvalue weighted by molar-refractivity contribution is 1.26. The third kappa shape index (κ3) is 1.83. The van der Waals surface area contributed by atoms with Gasteiger partial charge in [0.2, 0.25) is 0 Å². The molecule has 3 rings (SSSR count).